The van der Waals surface area contributed by atoms with Gasteiger partial charge in [-0.3, -0.25) is 0 Å². The summed E-state index contributed by atoms with van der Waals surface area (Å²) in [5, 5.41) is 17.3. The summed E-state index contributed by atoms with van der Waals surface area (Å²) in [5.74, 6) is -3.12. The highest BCUT2D eigenvalue weighted by Crippen LogP contribution is 2.33. The van der Waals surface area contributed by atoms with E-state index >= 15 is 0 Å². The molecule has 0 saturated heterocycles. The summed E-state index contributed by atoms with van der Waals surface area (Å²) < 4.78 is 48.5. The fourth-order valence-electron chi connectivity index (χ4n) is 2.88. The van der Waals surface area contributed by atoms with E-state index in [1.807, 2.05) is 13.0 Å². The van der Waals surface area contributed by atoms with Crippen molar-refractivity contribution in [2.24, 2.45) is 0 Å². The van der Waals surface area contributed by atoms with Crippen molar-refractivity contribution in [1.29, 1.82) is 5.26 Å². The molecule has 1 aromatic heterocycles. The molecule has 8 heteroatoms. The molecule has 0 unspecified atom stereocenters. The van der Waals surface area contributed by atoms with E-state index in [4.69, 9.17) is 10.00 Å². The summed E-state index contributed by atoms with van der Waals surface area (Å²) >= 11 is 0. The minimum Gasteiger partial charge on any atom is -0.474 e. The Kier molecular flexibility index (Phi) is 5.10. The van der Waals surface area contributed by atoms with Gasteiger partial charge in [0.05, 0.1) is 11.6 Å². The van der Waals surface area contributed by atoms with Crippen molar-refractivity contribution in [1.82, 2.24) is 14.8 Å². The third-order valence-corrected chi connectivity index (χ3v) is 4.20. The molecule has 5 nitrogen and oxygen atoms in total. The van der Waals surface area contributed by atoms with Gasteiger partial charge >= 0.3 is 0 Å². The molecule has 0 aliphatic carbocycles. The van der Waals surface area contributed by atoms with Gasteiger partial charge in [0.1, 0.15) is 5.82 Å². The summed E-state index contributed by atoms with van der Waals surface area (Å²) in [6.07, 6.45) is 0. The summed E-state index contributed by atoms with van der Waals surface area (Å²) in [4.78, 5) is 0. The van der Waals surface area contributed by atoms with Crippen LogP contribution in [0.5, 0.6) is 5.75 Å². The van der Waals surface area contributed by atoms with Crippen LogP contribution in [-0.2, 0) is 12.1 Å². The van der Waals surface area contributed by atoms with Crippen LogP contribution in [0.15, 0.2) is 36.4 Å². The number of ether oxygens (including phenoxy) is 1. The molecule has 0 fully saturated rings. The first-order chi connectivity index (χ1) is 13.3. The number of nitriles is 1. The Labute approximate surface area is 160 Å². The molecule has 0 aliphatic heterocycles. The fourth-order valence-corrected chi connectivity index (χ4v) is 2.88. The van der Waals surface area contributed by atoms with Gasteiger partial charge in [0.2, 0.25) is 0 Å². The molecule has 144 valence electrons. The van der Waals surface area contributed by atoms with Crippen molar-refractivity contribution in [3.8, 4) is 23.2 Å². The molecule has 0 N–H and O–H groups in total. The number of rotatable bonds is 5. The Morgan fingerprint density at radius 3 is 2.21 bits per heavy atom. The highest BCUT2D eigenvalue weighted by molar-refractivity contribution is 5.57. The van der Waals surface area contributed by atoms with E-state index in [0.717, 1.165) is 5.56 Å². The molecule has 0 aliphatic rings. The molecule has 3 aromatic rings. The molecule has 0 bridgehead atoms. The van der Waals surface area contributed by atoms with Crippen molar-refractivity contribution in [2.75, 3.05) is 0 Å². The Morgan fingerprint density at radius 2 is 1.68 bits per heavy atom. The lowest BCUT2D eigenvalue weighted by Crippen LogP contribution is -2.30. The Bertz CT molecular complexity index is 1030. The lowest BCUT2D eigenvalue weighted by molar-refractivity contribution is 0.0824. The molecule has 28 heavy (non-hydrogen) atoms. The average Bonchev–Trinajstić information content (AvgIpc) is 3.10. The molecule has 2 aromatic carbocycles. The van der Waals surface area contributed by atoms with Crippen LogP contribution in [0.2, 0.25) is 0 Å². The van der Waals surface area contributed by atoms with Gasteiger partial charge in [0.25, 0.3) is 0 Å². The van der Waals surface area contributed by atoms with Gasteiger partial charge in [-0.25, -0.2) is 13.2 Å². The van der Waals surface area contributed by atoms with Crippen molar-refractivity contribution in [3.63, 3.8) is 0 Å². The third-order valence-electron chi connectivity index (χ3n) is 4.20. The SMILES string of the molecule is CCn1c(-c2ccc(C#N)cc2)nnc1C(C)(C)Oc1c(F)cc(F)cc1F. The zero-order valence-corrected chi connectivity index (χ0v) is 15.5. The number of nitrogens with zero attached hydrogens (tertiary/aromatic N) is 4. The predicted molar refractivity (Wildman–Crippen MR) is 95.8 cm³/mol. The molecule has 0 saturated carbocycles. The van der Waals surface area contributed by atoms with Crippen LogP contribution >= 0.6 is 0 Å². The van der Waals surface area contributed by atoms with Crippen LogP contribution in [0, 0.1) is 28.8 Å². The number of hydrogen-bond donors (Lipinski definition) is 0. The smallest absolute Gasteiger partial charge is 0.192 e. The Balaban J connectivity index is 2.01. The summed E-state index contributed by atoms with van der Waals surface area (Å²) in [6.45, 7) is 5.52. The molecular formula is C20H17F3N4O. The minimum absolute atomic E-state index is 0.345. The monoisotopic (exact) mass is 386 g/mol. The molecular weight excluding hydrogens is 369 g/mol. The van der Waals surface area contributed by atoms with Crippen molar-refractivity contribution in [3.05, 3.63) is 65.2 Å². The van der Waals surface area contributed by atoms with Crippen LogP contribution in [0.1, 0.15) is 32.2 Å². The van der Waals surface area contributed by atoms with Gasteiger partial charge in [-0.1, -0.05) is 0 Å². The van der Waals surface area contributed by atoms with E-state index in [0.29, 0.717) is 35.9 Å². The third kappa shape index (κ3) is 3.56. The number of benzene rings is 2. The standard InChI is InChI=1S/C20H17F3N4O/c1-4-27-18(13-7-5-12(11-24)6-8-13)25-26-19(27)20(2,3)28-17-15(22)9-14(21)10-16(17)23/h5-10H,4H2,1-3H3. The van der Waals surface area contributed by atoms with Crippen molar-refractivity contribution in [2.45, 2.75) is 32.9 Å². The number of hydrogen-bond acceptors (Lipinski definition) is 4. The Hall–Kier alpha value is -3.34. The summed E-state index contributed by atoms with van der Waals surface area (Å²) in [7, 11) is 0. The lowest BCUT2D eigenvalue weighted by atomic mass is 10.1. The topological polar surface area (TPSA) is 63.7 Å². The van der Waals surface area contributed by atoms with Gasteiger partial charge in [0, 0.05) is 24.2 Å². The summed E-state index contributed by atoms with van der Waals surface area (Å²) in [5.41, 5.74) is -0.0140. The number of halogens is 3. The van der Waals surface area contributed by atoms with E-state index in [-0.39, 0.29) is 0 Å². The van der Waals surface area contributed by atoms with Gasteiger partial charge in [-0.15, -0.1) is 10.2 Å². The second kappa shape index (κ2) is 7.35. The van der Waals surface area contributed by atoms with Crippen LogP contribution in [0.25, 0.3) is 11.4 Å². The van der Waals surface area contributed by atoms with E-state index in [2.05, 4.69) is 10.2 Å². The van der Waals surface area contributed by atoms with Gasteiger partial charge in [-0.05, 0) is 45.0 Å². The van der Waals surface area contributed by atoms with Crippen LogP contribution in [0.3, 0.4) is 0 Å². The van der Waals surface area contributed by atoms with Crippen LogP contribution in [-0.4, -0.2) is 14.8 Å². The zero-order valence-electron chi connectivity index (χ0n) is 15.5. The van der Waals surface area contributed by atoms with E-state index in [1.165, 1.54) is 0 Å². The molecule has 0 spiro atoms. The molecule has 0 amide bonds. The van der Waals surface area contributed by atoms with Gasteiger partial charge < -0.3 is 9.30 Å². The van der Waals surface area contributed by atoms with Gasteiger partial charge in [0.15, 0.2) is 34.6 Å². The quantitative estimate of drug-likeness (QED) is 0.644. The maximum Gasteiger partial charge on any atom is 0.192 e. The predicted octanol–water partition coefficient (Wildman–Crippen LogP) is 4.57. The van der Waals surface area contributed by atoms with E-state index in [9.17, 15) is 13.2 Å². The second-order valence-corrected chi connectivity index (χ2v) is 6.59. The maximum atomic E-state index is 14.0. The molecule has 3 rings (SSSR count). The fraction of sp³-hybridized carbons (Fsp3) is 0.250. The van der Waals surface area contributed by atoms with E-state index in [1.54, 1.807) is 42.7 Å². The van der Waals surface area contributed by atoms with Crippen LogP contribution < -0.4 is 4.74 Å². The van der Waals surface area contributed by atoms with Crippen molar-refractivity contribution < 1.29 is 17.9 Å². The normalized spacial score (nSPS) is 11.3. The van der Waals surface area contributed by atoms with Crippen LogP contribution in [0.4, 0.5) is 13.2 Å². The van der Waals surface area contributed by atoms with Crippen molar-refractivity contribution >= 4 is 0 Å². The molecule has 0 atom stereocenters. The minimum atomic E-state index is -1.26. The highest BCUT2D eigenvalue weighted by Gasteiger charge is 2.33. The molecule has 0 radical (unpaired) electrons. The van der Waals surface area contributed by atoms with Gasteiger partial charge in [-0.2, -0.15) is 5.26 Å². The first kappa shape index (κ1) is 19.4. The highest BCUT2D eigenvalue weighted by atomic mass is 19.1. The average molecular weight is 386 g/mol. The van der Waals surface area contributed by atoms with E-state index < -0.39 is 28.8 Å². The summed E-state index contributed by atoms with van der Waals surface area (Å²) in [6, 6.07) is 9.96. The number of aromatic nitrogens is 3. The Morgan fingerprint density at radius 1 is 1.07 bits per heavy atom. The maximum absolute atomic E-state index is 14.0. The first-order valence-corrected chi connectivity index (χ1v) is 8.54. The molecule has 1 heterocycles. The largest absolute Gasteiger partial charge is 0.474 e. The zero-order chi connectivity index (χ0) is 20.5. The first-order valence-electron chi connectivity index (χ1n) is 8.54. The second-order valence-electron chi connectivity index (χ2n) is 6.59. The lowest BCUT2D eigenvalue weighted by Gasteiger charge is -2.26.